The van der Waals surface area contributed by atoms with Gasteiger partial charge >= 0.3 is 0 Å². The summed E-state index contributed by atoms with van der Waals surface area (Å²) in [5, 5.41) is 10.9. The quantitative estimate of drug-likeness (QED) is 0.708. The average molecular weight is 359 g/mol. The third-order valence-electron chi connectivity index (χ3n) is 4.77. The lowest BCUT2D eigenvalue weighted by Gasteiger charge is -2.12. The van der Waals surface area contributed by atoms with Crippen molar-refractivity contribution in [2.75, 3.05) is 12.3 Å². The van der Waals surface area contributed by atoms with E-state index in [1.54, 1.807) is 0 Å². The van der Waals surface area contributed by atoms with Crippen molar-refractivity contribution in [3.8, 4) is 0 Å². The molecule has 0 radical (unpaired) electrons. The van der Waals surface area contributed by atoms with Crippen molar-refractivity contribution >= 4 is 17.7 Å². The van der Waals surface area contributed by atoms with Crippen LogP contribution in [0.15, 0.2) is 35.5 Å². The number of aromatic nitrogens is 3. The van der Waals surface area contributed by atoms with Gasteiger partial charge in [0.2, 0.25) is 11.1 Å². The first-order chi connectivity index (χ1) is 12.2. The van der Waals surface area contributed by atoms with Crippen molar-refractivity contribution in [2.24, 2.45) is 5.92 Å². The Labute approximate surface area is 153 Å². The van der Waals surface area contributed by atoms with Crippen LogP contribution in [0.3, 0.4) is 0 Å². The first-order valence-corrected chi connectivity index (χ1v) is 10.0. The molecule has 1 aromatic heterocycles. The monoisotopic (exact) mass is 358 g/mol. The number of thioether (sulfide) groups is 1. The molecule has 1 aliphatic carbocycles. The topological polar surface area (TPSA) is 70.7 Å². The van der Waals surface area contributed by atoms with E-state index in [1.165, 1.54) is 43.0 Å². The maximum atomic E-state index is 12.0. The van der Waals surface area contributed by atoms with E-state index in [-0.39, 0.29) is 5.91 Å². The molecule has 1 aliphatic rings. The zero-order valence-corrected chi connectivity index (χ0v) is 15.5. The molecule has 6 heteroatoms. The minimum atomic E-state index is 0.0231. The van der Waals surface area contributed by atoms with Crippen LogP contribution in [-0.2, 0) is 11.2 Å². The summed E-state index contributed by atoms with van der Waals surface area (Å²) in [5.41, 5.74) is 1.24. The number of carbonyl (C=O) groups is 1. The van der Waals surface area contributed by atoms with Gasteiger partial charge in [0, 0.05) is 13.0 Å². The van der Waals surface area contributed by atoms with Crippen LogP contribution in [0.25, 0.3) is 0 Å². The lowest BCUT2D eigenvalue weighted by atomic mass is 10.0. The van der Waals surface area contributed by atoms with Gasteiger partial charge in [-0.1, -0.05) is 74.7 Å². The van der Waals surface area contributed by atoms with E-state index in [9.17, 15) is 4.79 Å². The van der Waals surface area contributed by atoms with E-state index in [4.69, 9.17) is 0 Å². The van der Waals surface area contributed by atoms with Crippen molar-refractivity contribution in [3.63, 3.8) is 0 Å². The molecular formula is C19H26N4OS. The number of amides is 1. The van der Waals surface area contributed by atoms with Crippen LogP contribution in [0, 0.1) is 5.92 Å². The standard InChI is InChI=1S/C19H26N4OS/c1-14(16-9-3-2-4-10-16)12-20-18(24)13-25-19-21-17(22-23-19)11-15-7-5-6-8-15/h2-4,9-10,14-15H,5-8,11-13H2,1H3,(H,20,24)(H,21,22,23). The summed E-state index contributed by atoms with van der Waals surface area (Å²) in [6.45, 7) is 2.76. The molecule has 134 valence electrons. The molecule has 1 amide bonds. The van der Waals surface area contributed by atoms with E-state index in [0.717, 1.165) is 18.2 Å². The average Bonchev–Trinajstić information content (AvgIpc) is 3.31. The second-order valence-electron chi connectivity index (χ2n) is 6.82. The van der Waals surface area contributed by atoms with Gasteiger partial charge in [0.05, 0.1) is 5.75 Å². The molecule has 1 heterocycles. The van der Waals surface area contributed by atoms with Gasteiger partial charge in [-0.3, -0.25) is 9.89 Å². The Morgan fingerprint density at radius 2 is 2.08 bits per heavy atom. The highest BCUT2D eigenvalue weighted by molar-refractivity contribution is 7.99. The number of H-pyrrole nitrogens is 1. The van der Waals surface area contributed by atoms with E-state index in [0.29, 0.717) is 23.4 Å². The summed E-state index contributed by atoms with van der Waals surface area (Å²) in [6, 6.07) is 10.2. The highest BCUT2D eigenvalue weighted by Gasteiger charge is 2.17. The Morgan fingerprint density at radius 3 is 2.84 bits per heavy atom. The highest BCUT2D eigenvalue weighted by atomic mass is 32.2. The molecule has 0 aliphatic heterocycles. The van der Waals surface area contributed by atoms with Crippen LogP contribution in [0.4, 0.5) is 0 Å². The van der Waals surface area contributed by atoms with Crippen molar-refractivity contribution in [1.82, 2.24) is 20.5 Å². The second-order valence-corrected chi connectivity index (χ2v) is 7.77. The Balaban J connectivity index is 1.38. The molecule has 1 saturated carbocycles. The summed E-state index contributed by atoms with van der Waals surface area (Å²) < 4.78 is 0. The van der Waals surface area contributed by atoms with Gasteiger partial charge in [0.25, 0.3) is 0 Å². The number of hydrogen-bond acceptors (Lipinski definition) is 4. The molecule has 1 unspecified atom stereocenters. The van der Waals surface area contributed by atoms with Crippen LogP contribution in [-0.4, -0.2) is 33.4 Å². The van der Waals surface area contributed by atoms with E-state index < -0.39 is 0 Å². The molecular weight excluding hydrogens is 332 g/mol. The largest absolute Gasteiger partial charge is 0.355 e. The predicted molar refractivity (Wildman–Crippen MR) is 101 cm³/mol. The molecule has 2 aromatic rings. The number of hydrogen-bond donors (Lipinski definition) is 2. The lowest BCUT2D eigenvalue weighted by Crippen LogP contribution is -2.29. The minimum absolute atomic E-state index is 0.0231. The Hall–Kier alpha value is -1.82. The molecule has 3 rings (SSSR count). The van der Waals surface area contributed by atoms with Gasteiger partial charge in [-0.2, -0.15) is 0 Å². The van der Waals surface area contributed by atoms with Crippen LogP contribution in [0.5, 0.6) is 0 Å². The summed E-state index contributed by atoms with van der Waals surface area (Å²) in [4.78, 5) is 16.5. The molecule has 0 saturated heterocycles. The fourth-order valence-corrected chi connectivity index (χ4v) is 3.92. The maximum Gasteiger partial charge on any atom is 0.230 e. The Bertz CT molecular complexity index is 667. The van der Waals surface area contributed by atoms with Crippen LogP contribution in [0.2, 0.25) is 0 Å². The van der Waals surface area contributed by atoms with Gasteiger partial charge in [0.15, 0.2) is 0 Å². The normalized spacial score (nSPS) is 16.0. The number of nitrogens with zero attached hydrogens (tertiary/aromatic N) is 2. The molecule has 2 N–H and O–H groups in total. The molecule has 0 bridgehead atoms. The van der Waals surface area contributed by atoms with Crippen molar-refractivity contribution < 1.29 is 4.79 Å². The minimum Gasteiger partial charge on any atom is -0.355 e. The summed E-state index contributed by atoms with van der Waals surface area (Å²) in [5.74, 6) is 2.37. The van der Waals surface area contributed by atoms with Crippen LogP contribution >= 0.6 is 11.8 Å². The molecule has 5 nitrogen and oxygen atoms in total. The zero-order valence-electron chi connectivity index (χ0n) is 14.7. The van der Waals surface area contributed by atoms with Gasteiger partial charge in [-0.05, 0) is 17.4 Å². The lowest BCUT2D eigenvalue weighted by molar-refractivity contribution is -0.118. The van der Waals surface area contributed by atoms with E-state index >= 15 is 0 Å². The fraction of sp³-hybridized carbons (Fsp3) is 0.526. The first kappa shape index (κ1) is 18.0. The molecule has 25 heavy (non-hydrogen) atoms. The van der Waals surface area contributed by atoms with Gasteiger partial charge in [-0.25, -0.2) is 4.98 Å². The van der Waals surface area contributed by atoms with Gasteiger partial charge < -0.3 is 5.32 Å². The number of aromatic amines is 1. The fourth-order valence-electron chi connectivity index (χ4n) is 3.27. The van der Waals surface area contributed by atoms with Crippen LogP contribution in [0.1, 0.15) is 49.9 Å². The van der Waals surface area contributed by atoms with Crippen molar-refractivity contribution in [2.45, 2.75) is 50.1 Å². The van der Waals surface area contributed by atoms with Crippen molar-refractivity contribution in [1.29, 1.82) is 0 Å². The first-order valence-electron chi connectivity index (χ1n) is 9.06. The molecule has 1 atom stereocenters. The van der Waals surface area contributed by atoms with Crippen LogP contribution < -0.4 is 5.32 Å². The summed E-state index contributed by atoms with van der Waals surface area (Å²) >= 11 is 1.39. The number of carbonyl (C=O) groups excluding carboxylic acids is 1. The van der Waals surface area contributed by atoms with Crippen molar-refractivity contribution in [3.05, 3.63) is 41.7 Å². The summed E-state index contributed by atoms with van der Waals surface area (Å²) in [7, 11) is 0. The third-order valence-corrected chi connectivity index (χ3v) is 5.62. The Kier molecular flexibility index (Phi) is 6.50. The maximum absolute atomic E-state index is 12.0. The molecule has 1 aromatic carbocycles. The number of benzene rings is 1. The zero-order chi connectivity index (χ0) is 17.5. The van der Waals surface area contributed by atoms with E-state index in [1.807, 2.05) is 18.2 Å². The second kappa shape index (κ2) is 9.04. The predicted octanol–water partition coefficient (Wildman–Crippen LogP) is 3.55. The summed E-state index contributed by atoms with van der Waals surface area (Å²) in [6.07, 6.45) is 6.24. The van der Waals surface area contributed by atoms with Gasteiger partial charge in [0.1, 0.15) is 5.82 Å². The Morgan fingerprint density at radius 1 is 1.32 bits per heavy atom. The highest BCUT2D eigenvalue weighted by Crippen LogP contribution is 2.27. The number of nitrogens with one attached hydrogen (secondary N) is 2. The SMILES string of the molecule is CC(CNC(=O)CSc1n[nH]c(CC2CCCC2)n1)c1ccccc1. The molecule has 1 fully saturated rings. The third kappa shape index (κ3) is 5.59. The smallest absolute Gasteiger partial charge is 0.230 e. The van der Waals surface area contributed by atoms with Gasteiger partial charge in [-0.15, -0.1) is 5.10 Å². The number of rotatable bonds is 8. The molecule has 0 spiro atoms. The van der Waals surface area contributed by atoms with E-state index in [2.05, 4.69) is 39.6 Å².